The quantitative estimate of drug-likeness (QED) is 0.831. The van der Waals surface area contributed by atoms with Gasteiger partial charge in [0.05, 0.1) is 11.5 Å². The van der Waals surface area contributed by atoms with Crippen molar-refractivity contribution >= 4 is 33.2 Å². The molecule has 2 atom stereocenters. The first-order chi connectivity index (χ1) is 11.5. The maximum atomic E-state index is 12.9. The molecule has 0 saturated carbocycles. The van der Waals surface area contributed by atoms with Gasteiger partial charge in [-0.25, -0.2) is 13.1 Å². The molecule has 2 aromatic rings. The summed E-state index contributed by atoms with van der Waals surface area (Å²) >= 11 is 0. The third-order valence-corrected chi connectivity index (χ3v) is 6.05. The molecule has 138 valence electrons. The summed E-state index contributed by atoms with van der Waals surface area (Å²) in [5.41, 5.74) is 0. The molecule has 7 heteroatoms. The predicted octanol–water partition coefficient (Wildman–Crippen LogP) is 3.08. The second-order valence-corrected chi connectivity index (χ2v) is 7.84. The number of hydrogen-bond donors (Lipinski definition) is 2. The lowest BCUT2D eigenvalue weighted by Crippen LogP contribution is -2.51. The second-order valence-electron chi connectivity index (χ2n) is 6.15. The lowest BCUT2D eigenvalue weighted by Gasteiger charge is -2.30. The van der Waals surface area contributed by atoms with Crippen molar-refractivity contribution in [2.45, 2.75) is 43.7 Å². The van der Waals surface area contributed by atoms with E-state index in [1.165, 1.54) is 0 Å². The third kappa shape index (κ3) is 4.26. The van der Waals surface area contributed by atoms with Crippen LogP contribution in [0.5, 0.6) is 5.75 Å². The third-order valence-electron chi connectivity index (χ3n) is 4.50. The maximum absolute atomic E-state index is 12.9. The normalized spacial score (nSPS) is 20.9. The molecule has 1 aliphatic heterocycles. The highest BCUT2D eigenvalue weighted by Gasteiger charge is 2.27. The molecule has 2 N–H and O–H groups in total. The fourth-order valence-corrected chi connectivity index (χ4v) is 4.79. The van der Waals surface area contributed by atoms with E-state index < -0.39 is 10.0 Å². The summed E-state index contributed by atoms with van der Waals surface area (Å²) in [6.07, 6.45) is 1.82. The molecule has 3 rings (SSSR count). The van der Waals surface area contributed by atoms with Gasteiger partial charge in [-0.05, 0) is 45.4 Å². The minimum Gasteiger partial charge on any atom is -0.493 e. The van der Waals surface area contributed by atoms with Crippen LogP contribution in [0, 0.1) is 0 Å². The van der Waals surface area contributed by atoms with Crippen LogP contribution in [-0.4, -0.2) is 33.7 Å². The molecule has 2 unspecified atom stereocenters. The lowest BCUT2D eigenvalue weighted by molar-refractivity contribution is 0.344. The summed E-state index contributed by atoms with van der Waals surface area (Å²) in [5, 5.41) is 4.83. The lowest BCUT2D eigenvalue weighted by atomic mass is 10.0. The van der Waals surface area contributed by atoms with Crippen LogP contribution in [0.3, 0.4) is 0 Å². The molecule has 0 aromatic heterocycles. The fourth-order valence-electron chi connectivity index (χ4n) is 3.23. The molecule has 25 heavy (non-hydrogen) atoms. The Hall–Kier alpha value is -1.34. The molecule has 1 fully saturated rings. The van der Waals surface area contributed by atoms with Crippen LogP contribution in [0.4, 0.5) is 0 Å². The molecule has 0 aliphatic carbocycles. The van der Waals surface area contributed by atoms with Gasteiger partial charge in [0.15, 0.2) is 0 Å². The predicted molar refractivity (Wildman–Crippen MR) is 103 cm³/mol. The number of piperidine rings is 1. The van der Waals surface area contributed by atoms with Crippen LogP contribution in [0.25, 0.3) is 10.8 Å². The van der Waals surface area contributed by atoms with Gasteiger partial charge in [-0.15, -0.1) is 12.4 Å². The van der Waals surface area contributed by atoms with E-state index in [0.29, 0.717) is 22.6 Å². The van der Waals surface area contributed by atoms with Gasteiger partial charge in [0.2, 0.25) is 10.0 Å². The van der Waals surface area contributed by atoms with Crippen molar-refractivity contribution in [3.05, 3.63) is 36.4 Å². The smallest absolute Gasteiger partial charge is 0.241 e. The summed E-state index contributed by atoms with van der Waals surface area (Å²) in [6, 6.07) is 10.9. The Balaban J connectivity index is 0.00000225. The van der Waals surface area contributed by atoms with Gasteiger partial charge in [-0.2, -0.15) is 0 Å². The molecular weight excluding hydrogens is 360 g/mol. The zero-order chi connectivity index (χ0) is 17.2. The number of sulfonamides is 1. The summed E-state index contributed by atoms with van der Waals surface area (Å²) in [7, 11) is -3.60. The molecule has 1 aliphatic rings. The van der Waals surface area contributed by atoms with Crippen molar-refractivity contribution in [3.8, 4) is 5.75 Å². The van der Waals surface area contributed by atoms with E-state index >= 15 is 0 Å². The average molecular weight is 385 g/mol. The Morgan fingerprint density at radius 3 is 2.60 bits per heavy atom. The zero-order valence-corrected chi connectivity index (χ0v) is 16.1. The van der Waals surface area contributed by atoms with Crippen molar-refractivity contribution in [1.29, 1.82) is 0 Å². The summed E-state index contributed by atoms with van der Waals surface area (Å²) in [4.78, 5) is 0.305. The Morgan fingerprint density at radius 2 is 1.92 bits per heavy atom. The second kappa shape index (κ2) is 8.36. The number of hydrogen-bond acceptors (Lipinski definition) is 4. The topological polar surface area (TPSA) is 67.4 Å². The Morgan fingerprint density at radius 1 is 1.20 bits per heavy atom. The highest BCUT2D eigenvalue weighted by molar-refractivity contribution is 7.89. The molecule has 0 amide bonds. The average Bonchev–Trinajstić information content (AvgIpc) is 2.57. The molecule has 1 heterocycles. The SMILES string of the molecule is CCOc1ccc(S(=O)(=O)NC2CCCNC2C)c2ccccc12.Cl. The Kier molecular flexibility index (Phi) is 6.68. The van der Waals surface area contributed by atoms with Gasteiger partial charge in [0, 0.05) is 22.9 Å². The minimum absolute atomic E-state index is 0. The number of ether oxygens (including phenoxy) is 1. The van der Waals surface area contributed by atoms with Gasteiger partial charge in [0.25, 0.3) is 0 Å². The first-order valence-electron chi connectivity index (χ1n) is 8.43. The number of halogens is 1. The van der Waals surface area contributed by atoms with Gasteiger partial charge >= 0.3 is 0 Å². The highest BCUT2D eigenvalue weighted by Crippen LogP contribution is 2.31. The van der Waals surface area contributed by atoms with Crippen molar-refractivity contribution in [2.24, 2.45) is 0 Å². The Labute approximate surface area is 155 Å². The van der Waals surface area contributed by atoms with Crippen LogP contribution >= 0.6 is 12.4 Å². The van der Waals surface area contributed by atoms with Crippen LogP contribution in [-0.2, 0) is 10.0 Å². The first-order valence-corrected chi connectivity index (χ1v) is 9.91. The van der Waals surface area contributed by atoms with E-state index in [2.05, 4.69) is 10.0 Å². The van der Waals surface area contributed by atoms with Crippen molar-refractivity contribution in [1.82, 2.24) is 10.0 Å². The van der Waals surface area contributed by atoms with Crippen molar-refractivity contribution in [3.63, 3.8) is 0 Å². The molecular formula is C18H25ClN2O3S. The monoisotopic (exact) mass is 384 g/mol. The van der Waals surface area contributed by atoms with Crippen LogP contribution in [0.1, 0.15) is 26.7 Å². The minimum atomic E-state index is -3.60. The Bertz CT molecular complexity index is 826. The standard InChI is InChI=1S/C18H24N2O3S.ClH/c1-3-23-17-10-11-18(15-8-5-4-7-14(15)17)24(21,22)20-16-9-6-12-19-13(16)2;/h4-5,7-8,10-11,13,16,19-20H,3,6,9,12H2,1-2H3;1H. The van der Waals surface area contributed by atoms with E-state index in [1.54, 1.807) is 12.1 Å². The van der Waals surface area contributed by atoms with Gasteiger partial charge in [-0.3, -0.25) is 0 Å². The fraction of sp³-hybridized carbons (Fsp3) is 0.444. The van der Waals surface area contributed by atoms with E-state index in [1.807, 2.05) is 38.1 Å². The molecule has 0 spiro atoms. The van der Waals surface area contributed by atoms with Crippen LogP contribution < -0.4 is 14.8 Å². The van der Waals surface area contributed by atoms with Gasteiger partial charge in [-0.1, -0.05) is 24.3 Å². The first kappa shape index (κ1) is 20.0. The zero-order valence-electron chi connectivity index (χ0n) is 14.5. The summed E-state index contributed by atoms with van der Waals surface area (Å²) in [5.74, 6) is 0.708. The highest BCUT2D eigenvalue weighted by atomic mass is 35.5. The van der Waals surface area contributed by atoms with Gasteiger partial charge in [0.1, 0.15) is 5.75 Å². The number of rotatable bonds is 5. The van der Waals surface area contributed by atoms with E-state index in [-0.39, 0.29) is 24.5 Å². The van der Waals surface area contributed by atoms with Crippen molar-refractivity contribution < 1.29 is 13.2 Å². The molecule has 2 aromatic carbocycles. The van der Waals surface area contributed by atoms with E-state index in [0.717, 1.165) is 24.8 Å². The molecule has 5 nitrogen and oxygen atoms in total. The van der Waals surface area contributed by atoms with Gasteiger partial charge < -0.3 is 10.1 Å². The maximum Gasteiger partial charge on any atom is 0.241 e. The molecule has 1 saturated heterocycles. The number of benzene rings is 2. The summed E-state index contributed by atoms with van der Waals surface area (Å²) < 4.78 is 34.4. The van der Waals surface area contributed by atoms with E-state index in [9.17, 15) is 8.42 Å². The molecule has 0 bridgehead atoms. The van der Waals surface area contributed by atoms with Crippen LogP contribution in [0.2, 0.25) is 0 Å². The largest absolute Gasteiger partial charge is 0.493 e. The number of fused-ring (bicyclic) bond motifs is 1. The summed E-state index contributed by atoms with van der Waals surface area (Å²) in [6.45, 7) is 5.41. The van der Waals surface area contributed by atoms with Crippen molar-refractivity contribution in [2.75, 3.05) is 13.2 Å². The van der Waals surface area contributed by atoms with E-state index in [4.69, 9.17) is 4.74 Å². The molecule has 0 radical (unpaired) electrons. The van der Waals surface area contributed by atoms with Crippen LogP contribution in [0.15, 0.2) is 41.3 Å². The number of nitrogens with one attached hydrogen (secondary N) is 2.